The Labute approximate surface area is 166 Å². The lowest BCUT2D eigenvalue weighted by atomic mass is 10.1. The lowest BCUT2D eigenvalue weighted by Crippen LogP contribution is -2.12. The van der Waals surface area contributed by atoms with Gasteiger partial charge in [-0.2, -0.15) is 13.2 Å². The van der Waals surface area contributed by atoms with Gasteiger partial charge in [0.15, 0.2) is 11.5 Å². The Balaban J connectivity index is 2.08. The molecule has 3 aromatic rings. The van der Waals surface area contributed by atoms with Gasteiger partial charge in [-0.1, -0.05) is 11.6 Å². The highest BCUT2D eigenvalue weighted by Crippen LogP contribution is 2.35. The van der Waals surface area contributed by atoms with Gasteiger partial charge in [-0.25, -0.2) is 19.2 Å². The van der Waals surface area contributed by atoms with Crippen LogP contribution in [0.4, 0.5) is 23.4 Å². The molecule has 2 heterocycles. The molecule has 0 saturated carbocycles. The van der Waals surface area contributed by atoms with Gasteiger partial charge >= 0.3 is 12.1 Å². The molecule has 0 bridgehead atoms. The van der Waals surface area contributed by atoms with Crippen LogP contribution in [0.15, 0.2) is 41.0 Å². The monoisotopic (exact) mass is 429 g/mol. The topological polar surface area (TPSA) is 77.2 Å². The lowest BCUT2D eigenvalue weighted by Gasteiger charge is -2.13. The van der Waals surface area contributed by atoms with Crippen LogP contribution in [0.3, 0.4) is 0 Å². The number of alkyl halides is 3. The van der Waals surface area contributed by atoms with Crippen LogP contribution in [0.1, 0.15) is 21.8 Å². The van der Waals surface area contributed by atoms with E-state index in [1.165, 1.54) is 6.26 Å². The van der Waals surface area contributed by atoms with Crippen molar-refractivity contribution in [3.05, 3.63) is 64.5 Å². The molecule has 0 aliphatic heterocycles. The highest BCUT2D eigenvalue weighted by atomic mass is 35.5. The minimum absolute atomic E-state index is 0.0358. The van der Waals surface area contributed by atoms with Gasteiger partial charge < -0.3 is 14.5 Å². The van der Waals surface area contributed by atoms with Crippen molar-refractivity contribution in [1.82, 2.24) is 9.97 Å². The second-order valence-electron chi connectivity index (χ2n) is 5.68. The Morgan fingerprint density at radius 1 is 1.28 bits per heavy atom. The fraction of sp³-hybridized carbons (Fsp3) is 0.167. The van der Waals surface area contributed by atoms with Crippen LogP contribution < -0.4 is 5.32 Å². The van der Waals surface area contributed by atoms with Crippen LogP contribution >= 0.6 is 11.6 Å². The number of furan rings is 1. The number of esters is 1. The third-order valence-corrected chi connectivity index (χ3v) is 4.13. The Bertz CT molecular complexity index is 1040. The van der Waals surface area contributed by atoms with Crippen molar-refractivity contribution in [3.63, 3.8) is 0 Å². The molecule has 0 amide bonds. The van der Waals surface area contributed by atoms with Crippen molar-refractivity contribution >= 4 is 23.4 Å². The number of methoxy groups -OCH3 is 1. The van der Waals surface area contributed by atoms with Gasteiger partial charge in [0.1, 0.15) is 22.4 Å². The number of ether oxygens (including phenoxy) is 1. The zero-order chi connectivity index (χ0) is 21.2. The number of carbonyl (C=O) groups excluding carboxylic acids is 1. The SMILES string of the molecule is COC(=O)c1nc(-c2ccc(F)c(C(F)(F)F)c2)nc(NCc2ccco2)c1Cl. The highest BCUT2D eigenvalue weighted by Gasteiger charge is 2.34. The third-order valence-electron chi connectivity index (χ3n) is 3.77. The first kappa shape index (κ1) is 20.6. The lowest BCUT2D eigenvalue weighted by molar-refractivity contribution is -0.139. The summed E-state index contributed by atoms with van der Waals surface area (Å²) in [6, 6.07) is 5.58. The molecule has 152 valence electrons. The molecule has 1 aromatic carbocycles. The van der Waals surface area contributed by atoms with Crippen molar-refractivity contribution in [2.24, 2.45) is 0 Å². The number of rotatable bonds is 5. The summed E-state index contributed by atoms with van der Waals surface area (Å²) < 4.78 is 62.5. The molecule has 3 rings (SSSR count). The molecule has 1 N–H and O–H groups in total. The van der Waals surface area contributed by atoms with E-state index in [2.05, 4.69) is 20.0 Å². The average Bonchev–Trinajstić information content (AvgIpc) is 3.19. The summed E-state index contributed by atoms with van der Waals surface area (Å²) in [6.07, 6.45) is -3.47. The van der Waals surface area contributed by atoms with Crippen LogP contribution in [-0.2, 0) is 17.5 Å². The summed E-state index contributed by atoms with van der Waals surface area (Å²) in [5.41, 5.74) is -2.01. The second-order valence-corrected chi connectivity index (χ2v) is 6.05. The molecule has 0 aliphatic rings. The zero-order valence-corrected chi connectivity index (χ0v) is 15.4. The highest BCUT2D eigenvalue weighted by molar-refractivity contribution is 6.35. The summed E-state index contributed by atoms with van der Waals surface area (Å²) in [7, 11) is 1.09. The molecule has 0 atom stereocenters. The fourth-order valence-corrected chi connectivity index (χ4v) is 2.62. The molecule has 0 unspecified atom stereocenters. The van der Waals surface area contributed by atoms with Gasteiger partial charge in [0, 0.05) is 5.56 Å². The molecule has 29 heavy (non-hydrogen) atoms. The number of aromatic nitrogens is 2. The Hall–Kier alpha value is -3.14. The molecule has 0 aliphatic carbocycles. The molecule has 11 heteroatoms. The van der Waals surface area contributed by atoms with E-state index in [0.717, 1.165) is 13.2 Å². The maximum Gasteiger partial charge on any atom is 0.419 e. The predicted octanol–water partition coefficient (Wildman–Crippen LogP) is 4.95. The van der Waals surface area contributed by atoms with E-state index in [1.807, 2.05) is 0 Å². The summed E-state index contributed by atoms with van der Waals surface area (Å²) in [4.78, 5) is 20.0. The van der Waals surface area contributed by atoms with E-state index in [4.69, 9.17) is 16.0 Å². The van der Waals surface area contributed by atoms with Crippen molar-refractivity contribution in [1.29, 1.82) is 0 Å². The fourth-order valence-electron chi connectivity index (χ4n) is 2.39. The van der Waals surface area contributed by atoms with Crippen LogP contribution in [0.25, 0.3) is 11.4 Å². The first-order chi connectivity index (χ1) is 13.7. The van der Waals surface area contributed by atoms with Gasteiger partial charge in [0.2, 0.25) is 0 Å². The molecular weight excluding hydrogens is 418 g/mol. The van der Waals surface area contributed by atoms with Crippen molar-refractivity contribution in [3.8, 4) is 11.4 Å². The van der Waals surface area contributed by atoms with E-state index in [0.29, 0.717) is 17.9 Å². The van der Waals surface area contributed by atoms with Crippen molar-refractivity contribution in [2.45, 2.75) is 12.7 Å². The van der Waals surface area contributed by atoms with Gasteiger partial charge in [-0.05, 0) is 30.3 Å². The van der Waals surface area contributed by atoms with Crippen LogP contribution in [0, 0.1) is 5.82 Å². The van der Waals surface area contributed by atoms with Crippen LogP contribution in [-0.4, -0.2) is 23.0 Å². The normalized spacial score (nSPS) is 11.4. The first-order valence-electron chi connectivity index (χ1n) is 8.00. The first-order valence-corrected chi connectivity index (χ1v) is 8.37. The van der Waals surface area contributed by atoms with Gasteiger partial charge in [-0.15, -0.1) is 0 Å². The molecule has 0 fully saturated rings. The van der Waals surface area contributed by atoms with Crippen molar-refractivity contribution < 1.29 is 31.5 Å². The smallest absolute Gasteiger partial charge is 0.419 e. The molecule has 0 saturated heterocycles. The van der Waals surface area contributed by atoms with Crippen LogP contribution in [0.5, 0.6) is 0 Å². The minimum atomic E-state index is -4.92. The minimum Gasteiger partial charge on any atom is -0.467 e. The number of anilines is 1. The maximum atomic E-state index is 13.6. The van der Waals surface area contributed by atoms with E-state index in [9.17, 15) is 22.4 Å². The number of hydrogen-bond acceptors (Lipinski definition) is 6. The van der Waals surface area contributed by atoms with Gasteiger partial charge in [0.25, 0.3) is 0 Å². The number of carbonyl (C=O) groups is 1. The van der Waals surface area contributed by atoms with Crippen molar-refractivity contribution in [2.75, 3.05) is 12.4 Å². The number of benzene rings is 1. The Morgan fingerprint density at radius 3 is 2.66 bits per heavy atom. The summed E-state index contributed by atoms with van der Waals surface area (Å²) in [6.45, 7) is 0.126. The Morgan fingerprint density at radius 2 is 2.03 bits per heavy atom. The third kappa shape index (κ3) is 4.48. The zero-order valence-electron chi connectivity index (χ0n) is 14.7. The van der Waals surface area contributed by atoms with Gasteiger partial charge in [-0.3, -0.25) is 0 Å². The quantitative estimate of drug-likeness (QED) is 0.457. The predicted molar refractivity (Wildman–Crippen MR) is 94.8 cm³/mol. The number of hydrogen-bond donors (Lipinski definition) is 1. The van der Waals surface area contributed by atoms with E-state index < -0.39 is 23.5 Å². The molecule has 6 nitrogen and oxygen atoms in total. The summed E-state index contributed by atoms with van der Waals surface area (Å²) in [5.74, 6) is -2.16. The molecule has 2 aromatic heterocycles. The van der Waals surface area contributed by atoms with E-state index in [-0.39, 0.29) is 34.5 Å². The van der Waals surface area contributed by atoms with E-state index in [1.54, 1.807) is 12.1 Å². The summed E-state index contributed by atoms with van der Waals surface area (Å²) >= 11 is 6.15. The van der Waals surface area contributed by atoms with E-state index >= 15 is 0 Å². The average molecular weight is 430 g/mol. The maximum absolute atomic E-state index is 13.6. The number of halogens is 5. The summed E-state index contributed by atoms with van der Waals surface area (Å²) in [5, 5.41) is 2.63. The van der Waals surface area contributed by atoms with Gasteiger partial charge in [0.05, 0.1) is 25.5 Å². The molecule has 0 spiro atoms. The largest absolute Gasteiger partial charge is 0.467 e. The number of nitrogens with one attached hydrogen (secondary N) is 1. The second kappa shape index (κ2) is 8.08. The standard InChI is InChI=1S/C18H12ClF4N3O3/c1-28-17(27)14-13(19)16(24-8-10-3-2-6-29-10)26-15(25-14)9-4-5-12(20)11(7-9)18(21,22)23/h2-7H,8H2,1H3,(H,24,25,26). The Kier molecular flexibility index (Phi) is 5.73. The molecular formula is C18H12ClF4N3O3. The molecule has 0 radical (unpaired) electrons. The number of nitrogens with zero attached hydrogens (tertiary/aromatic N) is 2. The van der Waals surface area contributed by atoms with Crippen LogP contribution in [0.2, 0.25) is 5.02 Å².